The molecule has 0 amide bonds. The molecule has 3 heteroatoms. The molecule has 1 aromatic heterocycles. The van der Waals surface area contributed by atoms with E-state index in [1.165, 1.54) is 0 Å². The van der Waals surface area contributed by atoms with Crippen LogP contribution in [0.4, 0.5) is 0 Å². The van der Waals surface area contributed by atoms with Gasteiger partial charge in [0.25, 0.3) is 0 Å². The van der Waals surface area contributed by atoms with Gasteiger partial charge in [-0.3, -0.25) is 4.98 Å². The highest BCUT2D eigenvalue weighted by Crippen LogP contribution is 2.41. The minimum Gasteiger partial charge on any atom is -0.508 e. The van der Waals surface area contributed by atoms with Gasteiger partial charge in [0, 0.05) is 6.20 Å². The Morgan fingerprint density at radius 2 is 1.52 bits per heavy atom. The second-order valence-electron chi connectivity index (χ2n) is 5.79. The number of hydrogen-bond donors (Lipinski definition) is 2. The van der Waals surface area contributed by atoms with Gasteiger partial charge in [-0.25, -0.2) is 0 Å². The summed E-state index contributed by atoms with van der Waals surface area (Å²) < 4.78 is 0. The Hall–Kier alpha value is -2.65. The van der Waals surface area contributed by atoms with E-state index in [1.807, 2.05) is 48.5 Å². The number of aromatic hydroxyl groups is 1. The fourth-order valence-electron chi connectivity index (χ4n) is 2.94. The number of benzene rings is 2. The Morgan fingerprint density at radius 3 is 2.13 bits per heavy atom. The lowest BCUT2D eigenvalue weighted by atomic mass is 9.76. The van der Waals surface area contributed by atoms with Crippen LogP contribution in [0.5, 0.6) is 5.75 Å². The van der Waals surface area contributed by atoms with Gasteiger partial charge in [-0.05, 0) is 42.3 Å². The van der Waals surface area contributed by atoms with Crippen LogP contribution in [-0.2, 0) is 5.60 Å². The van der Waals surface area contributed by atoms with Crippen molar-refractivity contribution in [1.82, 2.24) is 4.98 Å². The van der Waals surface area contributed by atoms with Crippen molar-refractivity contribution < 1.29 is 10.2 Å². The van der Waals surface area contributed by atoms with Crippen LogP contribution >= 0.6 is 0 Å². The van der Waals surface area contributed by atoms with Crippen molar-refractivity contribution in [2.24, 2.45) is 0 Å². The van der Waals surface area contributed by atoms with Crippen LogP contribution in [0.15, 0.2) is 79.0 Å². The molecule has 0 aliphatic rings. The normalized spacial score (nSPS) is 14.9. The molecule has 2 N–H and O–H groups in total. The van der Waals surface area contributed by atoms with Crippen LogP contribution < -0.4 is 0 Å². The van der Waals surface area contributed by atoms with Crippen LogP contribution in [-0.4, -0.2) is 15.2 Å². The monoisotopic (exact) mass is 305 g/mol. The highest BCUT2D eigenvalue weighted by atomic mass is 16.3. The van der Waals surface area contributed by atoms with Crippen LogP contribution in [0.2, 0.25) is 0 Å². The van der Waals surface area contributed by atoms with Crippen LogP contribution in [0, 0.1) is 0 Å². The molecule has 116 valence electrons. The van der Waals surface area contributed by atoms with E-state index < -0.39 is 5.60 Å². The van der Waals surface area contributed by atoms with E-state index in [2.05, 4.69) is 4.98 Å². The zero-order chi connectivity index (χ0) is 16.3. The molecule has 3 aromatic rings. The Balaban J connectivity index is 2.13. The largest absolute Gasteiger partial charge is 0.508 e. The van der Waals surface area contributed by atoms with Gasteiger partial charge < -0.3 is 10.2 Å². The molecule has 3 rings (SSSR count). The average molecular weight is 305 g/mol. The molecule has 0 saturated carbocycles. The standard InChI is InChI=1S/C20H19NO2/c1-20(23,16-10-12-17(22)13-11-16)19(15-7-3-2-4-8-15)18-9-5-6-14-21-18/h2-14,19,22-23H,1H3/t19-,20+/m1/s1. The molecule has 2 aromatic carbocycles. The van der Waals surface area contributed by atoms with E-state index in [0.29, 0.717) is 0 Å². The number of nitrogens with zero attached hydrogens (tertiary/aromatic N) is 1. The number of phenolic OH excluding ortho intramolecular Hbond substituents is 1. The topological polar surface area (TPSA) is 53.4 Å². The van der Waals surface area contributed by atoms with Gasteiger partial charge in [0.2, 0.25) is 0 Å². The van der Waals surface area contributed by atoms with E-state index in [9.17, 15) is 10.2 Å². The summed E-state index contributed by atoms with van der Waals surface area (Å²) in [6.07, 6.45) is 1.73. The summed E-state index contributed by atoms with van der Waals surface area (Å²) in [5.74, 6) is -0.131. The summed E-state index contributed by atoms with van der Waals surface area (Å²) in [6.45, 7) is 1.78. The minimum atomic E-state index is -1.16. The predicted octanol–water partition coefficient (Wildman–Crippen LogP) is 3.83. The number of phenols is 1. The SMILES string of the molecule is C[C@](O)(c1ccc(O)cc1)[C@H](c1ccccc1)c1ccccn1. The van der Waals surface area contributed by atoms with Crippen LogP contribution in [0.3, 0.4) is 0 Å². The summed E-state index contributed by atoms with van der Waals surface area (Å²) >= 11 is 0. The third kappa shape index (κ3) is 3.10. The first-order valence-corrected chi connectivity index (χ1v) is 7.57. The highest BCUT2D eigenvalue weighted by Gasteiger charge is 2.36. The van der Waals surface area contributed by atoms with Crippen molar-refractivity contribution in [3.05, 3.63) is 95.8 Å². The van der Waals surface area contributed by atoms with E-state index in [1.54, 1.807) is 37.4 Å². The van der Waals surface area contributed by atoms with Crippen LogP contribution in [0.1, 0.15) is 29.7 Å². The van der Waals surface area contributed by atoms with Gasteiger partial charge in [0.05, 0.1) is 17.2 Å². The molecule has 0 fully saturated rings. The lowest BCUT2D eigenvalue weighted by Crippen LogP contribution is -2.31. The number of hydrogen-bond acceptors (Lipinski definition) is 3. The zero-order valence-corrected chi connectivity index (χ0v) is 12.9. The molecule has 1 heterocycles. The third-order valence-corrected chi connectivity index (χ3v) is 4.13. The molecule has 0 saturated heterocycles. The number of aliphatic hydroxyl groups is 1. The van der Waals surface area contributed by atoms with E-state index in [-0.39, 0.29) is 11.7 Å². The molecule has 0 aliphatic carbocycles. The fraction of sp³-hybridized carbons (Fsp3) is 0.150. The average Bonchev–Trinajstić information content (AvgIpc) is 2.57. The maximum absolute atomic E-state index is 11.3. The van der Waals surface area contributed by atoms with E-state index in [4.69, 9.17) is 0 Å². The second-order valence-corrected chi connectivity index (χ2v) is 5.79. The highest BCUT2D eigenvalue weighted by molar-refractivity contribution is 5.38. The number of pyridine rings is 1. The Labute approximate surface area is 135 Å². The first-order chi connectivity index (χ1) is 11.1. The lowest BCUT2D eigenvalue weighted by molar-refractivity contribution is 0.0380. The zero-order valence-electron chi connectivity index (χ0n) is 12.9. The van der Waals surface area contributed by atoms with Gasteiger partial charge in [0.1, 0.15) is 5.75 Å². The van der Waals surface area contributed by atoms with Gasteiger partial charge in [-0.2, -0.15) is 0 Å². The summed E-state index contributed by atoms with van der Waals surface area (Å²) in [5, 5.41) is 20.8. The molecule has 0 bridgehead atoms. The molecule has 0 aliphatic heterocycles. The predicted molar refractivity (Wildman–Crippen MR) is 90.2 cm³/mol. The maximum atomic E-state index is 11.3. The summed E-state index contributed by atoms with van der Waals surface area (Å²) in [5.41, 5.74) is 1.36. The molecule has 0 radical (unpaired) electrons. The smallest absolute Gasteiger partial charge is 0.115 e. The van der Waals surface area contributed by atoms with Gasteiger partial charge in [0.15, 0.2) is 0 Å². The molecule has 0 unspecified atom stereocenters. The molecule has 2 atom stereocenters. The van der Waals surface area contributed by atoms with Crippen molar-refractivity contribution in [2.45, 2.75) is 18.4 Å². The van der Waals surface area contributed by atoms with Gasteiger partial charge in [-0.1, -0.05) is 48.5 Å². The fourth-order valence-corrected chi connectivity index (χ4v) is 2.94. The number of aromatic nitrogens is 1. The molecule has 23 heavy (non-hydrogen) atoms. The number of rotatable bonds is 4. The van der Waals surface area contributed by atoms with Crippen molar-refractivity contribution in [1.29, 1.82) is 0 Å². The third-order valence-electron chi connectivity index (χ3n) is 4.13. The maximum Gasteiger partial charge on any atom is 0.115 e. The lowest BCUT2D eigenvalue weighted by Gasteiger charge is -2.33. The first kappa shape index (κ1) is 15.3. The van der Waals surface area contributed by atoms with E-state index >= 15 is 0 Å². The van der Waals surface area contributed by atoms with Gasteiger partial charge >= 0.3 is 0 Å². The van der Waals surface area contributed by atoms with Gasteiger partial charge in [-0.15, -0.1) is 0 Å². The molecule has 0 spiro atoms. The van der Waals surface area contributed by atoms with Crippen molar-refractivity contribution in [2.75, 3.05) is 0 Å². The summed E-state index contributed by atoms with van der Waals surface area (Å²) in [7, 11) is 0. The quantitative estimate of drug-likeness (QED) is 0.770. The van der Waals surface area contributed by atoms with Crippen molar-refractivity contribution in [3.8, 4) is 5.75 Å². The Kier molecular flexibility index (Phi) is 4.13. The molecular weight excluding hydrogens is 286 g/mol. The summed E-state index contributed by atoms with van der Waals surface area (Å²) in [4.78, 5) is 4.46. The first-order valence-electron chi connectivity index (χ1n) is 7.57. The Morgan fingerprint density at radius 1 is 0.870 bits per heavy atom. The van der Waals surface area contributed by atoms with Crippen molar-refractivity contribution >= 4 is 0 Å². The van der Waals surface area contributed by atoms with E-state index in [0.717, 1.165) is 16.8 Å². The summed E-state index contributed by atoms with van der Waals surface area (Å²) in [6, 6.07) is 22.2. The molecule has 3 nitrogen and oxygen atoms in total. The minimum absolute atomic E-state index is 0.179. The second kappa shape index (κ2) is 6.23. The molecular formula is C20H19NO2. The Bertz CT molecular complexity index is 713. The van der Waals surface area contributed by atoms with Crippen molar-refractivity contribution in [3.63, 3.8) is 0 Å². The van der Waals surface area contributed by atoms with Crippen LogP contribution in [0.25, 0.3) is 0 Å².